The minimum atomic E-state index is -3.52. The molecule has 38 heavy (non-hydrogen) atoms. The second-order valence-corrected chi connectivity index (χ2v) is 11.7. The normalized spacial score (nSPS) is 14.1. The highest BCUT2D eigenvalue weighted by molar-refractivity contribution is 7.89. The van der Waals surface area contributed by atoms with Crippen LogP contribution >= 0.6 is 11.6 Å². The molecule has 0 radical (unpaired) electrons. The van der Waals surface area contributed by atoms with Crippen LogP contribution in [0, 0.1) is 0 Å². The molecule has 3 aromatic carbocycles. The molecule has 1 aliphatic rings. The molecule has 1 fully saturated rings. The first-order chi connectivity index (χ1) is 18.2. The summed E-state index contributed by atoms with van der Waals surface area (Å²) < 4.78 is 27.5. The first-order valence-corrected chi connectivity index (χ1v) is 14.5. The molecule has 1 saturated carbocycles. The van der Waals surface area contributed by atoms with Gasteiger partial charge in [-0.1, -0.05) is 72.3 Å². The Morgan fingerprint density at radius 1 is 0.947 bits per heavy atom. The van der Waals surface area contributed by atoms with Crippen molar-refractivity contribution in [3.8, 4) is 0 Å². The summed E-state index contributed by atoms with van der Waals surface area (Å²) >= 11 is 6.21. The van der Waals surface area contributed by atoms with Gasteiger partial charge in [-0.25, -0.2) is 13.1 Å². The Hall–Kier alpha value is -3.20. The van der Waals surface area contributed by atoms with Gasteiger partial charge in [0.15, 0.2) is 0 Å². The maximum atomic E-state index is 13.4. The Kier molecular flexibility index (Phi) is 9.20. The zero-order valence-corrected chi connectivity index (χ0v) is 22.8. The molecule has 0 bridgehead atoms. The summed E-state index contributed by atoms with van der Waals surface area (Å²) in [6.45, 7) is 2.28. The number of nitrogens with one attached hydrogen (secondary N) is 2. The van der Waals surface area contributed by atoms with Gasteiger partial charge in [-0.2, -0.15) is 0 Å². The van der Waals surface area contributed by atoms with Gasteiger partial charge in [0, 0.05) is 30.6 Å². The van der Waals surface area contributed by atoms with Gasteiger partial charge in [0.05, 0.1) is 4.90 Å². The van der Waals surface area contributed by atoms with Crippen LogP contribution in [-0.4, -0.2) is 37.2 Å². The summed E-state index contributed by atoms with van der Waals surface area (Å²) in [4.78, 5) is 28.2. The van der Waals surface area contributed by atoms with Crippen LogP contribution in [0.1, 0.15) is 42.9 Å². The summed E-state index contributed by atoms with van der Waals surface area (Å²) in [6.07, 6.45) is 2.35. The third-order valence-corrected chi connectivity index (χ3v) is 8.44. The van der Waals surface area contributed by atoms with Crippen LogP contribution in [0.5, 0.6) is 0 Å². The van der Waals surface area contributed by atoms with Gasteiger partial charge < -0.3 is 10.2 Å². The zero-order chi connectivity index (χ0) is 27.1. The Morgan fingerprint density at radius 2 is 1.61 bits per heavy atom. The van der Waals surface area contributed by atoms with Crippen LogP contribution in [0.15, 0.2) is 83.8 Å². The van der Waals surface area contributed by atoms with Gasteiger partial charge in [0.25, 0.3) is 0 Å². The molecule has 3 aromatic rings. The minimum Gasteiger partial charge on any atom is -0.350 e. The van der Waals surface area contributed by atoms with Crippen molar-refractivity contribution in [3.63, 3.8) is 0 Å². The monoisotopic (exact) mass is 553 g/mol. The Balaban J connectivity index is 1.40. The molecule has 0 aliphatic heterocycles. The van der Waals surface area contributed by atoms with Crippen molar-refractivity contribution < 1.29 is 18.0 Å². The maximum Gasteiger partial charge on any atom is 0.242 e. The molecule has 4 rings (SSSR count). The fourth-order valence-corrected chi connectivity index (χ4v) is 5.56. The molecule has 7 nitrogen and oxygen atoms in total. The third-order valence-electron chi connectivity index (χ3n) is 6.53. The van der Waals surface area contributed by atoms with Gasteiger partial charge in [0.2, 0.25) is 21.8 Å². The lowest BCUT2D eigenvalue weighted by molar-refractivity contribution is -0.140. The van der Waals surface area contributed by atoms with Crippen LogP contribution in [-0.2, 0) is 39.1 Å². The molecule has 2 N–H and O–H groups in total. The number of hydrogen-bond donors (Lipinski definition) is 2. The van der Waals surface area contributed by atoms with Gasteiger partial charge in [-0.15, -0.1) is 0 Å². The molecule has 0 heterocycles. The highest BCUT2D eigenvalue weighted by Crippen LogP contribution is 2.22. The lowest BCUT2D eigenvalue weighted by Gasteiger charge is -2.29. The SMILES string of the molecule is C[C@@H](C(=O)NCc1ccccc1Cl)N(Cc1ccccc1)C(=O)CCc1ccc(S(=O)(=O)NC2CC2)cc1. The van der Waals surface area contributed by atoms with E-state index in [1.807, 2.05) is 48.5 Å². The second kappa shape index (κ2) is 12.6. The highest BCUT2D eigenvalue weighted by atomic mass is 35.5. The smallest absolute Gasteiger partial charge is 0.242 e. The van der Waals surface area contributed by atoms with E-state index in [-0.39, 0.29) is 35.7 Å². The Morgan fingerprint density at radius 3 is 2.26 bits per heavy atom. The number of rotatable bonds is 12. The number of carbonyl (C=O) groups is 2. The van der Waals surface area contributed by atoms with Crippen LogP contribution in [0.3, 0.4) is 0 Å². The van der Waals surface area contributed by atoms with Gasteiger partial charge >= 0.3 is 0 Å². The molecule has 1 atom stereocenters. The molecule has 0 spiro atoms. The van der Waals surface area contributed by atoms with E-state index in [2.05, 4.69) is 10.0 Å². The van der Waals surface area contributed by atoms with E-state index in [9.17, 15) is 18.0 Å². The van der Waals surface area contributed by atoms with E-state index >= 15 is 0 Å². The van der Waals surface area contributed by atoms with Crippen LogP contribution in [0.4, 0.5) is 0 Å². The standard InChI is InChI=1S/C29H32ClN3O4S/c1-21(29(35)31-19-24-9-5-6-10-27(24)30)33(20-23-7-3-2-4-8-23)28(34)18-13-22-11-16-26(17-12-22)38(36,37)32-25-14-15-25/h2-12,16-17,21,25,32H,13-15,18-20H2,1H3,(H,31,35)/t21-/m0/s1. The van der Waals surface area contributed by atoms with Crippen LogP contribution in [0.25, 0.3) is 0 Å². The number of amides is 2. The van der Waals surface area contributed by atoms with Crippen molar-refractivity contribution in [2.45, 2.75) is 62.7 Å². The van der Waals surface area contributed by atoms with Crippen molar-refractivity contribution in [1.29, 1.82) is 0 Å². The van der Waals surface area contributed by atoms with E-state index < -0.39 is 16.1 Å². The van der Waals surface area contributed by atoms with Crippen molar-refractivity contribution >= 4 is 33.4 Å². The third kappa shape index (κ3) is 7.66. The summed E-state index contributed by atoms with van der Waals surface area (Å²) in [7, 11) is -3.52. The lowest BCUT2D eigenvalue weighted by atomic mass is 10.1. The fraction of sp³-hybridized carbons (Fsp3) is 0.310. The predicted molar refractivity (Wildman–Crippen MR) is 148 cm³/mol. The minimum absolute atomic E-state index is 0.0387. The number of benzene rings is 3. The summed E-state index contributed by atoms with van der Waals surface area (Å²) in [6, 6.07) is 22.8. The fourth-order valence-electron chi connectivity index (χ4n) is 4.05. The molecule has 0 saturated heterocycles. The number of halogens is 1. The largest absolute Gasteiger partial charge is 0.350 e. The molecule has 9 heteroatoms. The average Bonchev–Trinajstić information content (AvgIpc) is 3.73. The number of aryl methyl sites for hydroxylation is 1. The molecule has 1 aliphatic carbocycles. The van der Waals surface area contributed by atoms with E-state index in [1.54, 1.807) is 42.2 Å². The average molecular weight is 554 g/mol. The summed E-state index contributed by atoms with van der Waals surface area (Å²) in [5.74, 6) is -0.437. The molecule has 0 unspecified atom stereocenters. The topological polar surface area (TPSA) is 95.6 Å². The van der Waals surface area contributed by atoms with Crippen LogP contribution in [0.2, 0.25) is 5.02 Å². The van der Waals surface area contributed by atoms with E-state index in [0.717, 1.165) is 29.5 Å². The highest BCUT2D eigenvalue weighted by Gasteiger charge is 2.28. The quantitative estimate of drug-likeness (QED) is 0.346. The predicted octanol–water partition coefficient (Wildman–Crippen LogP) is 4.45. The summed E-state index contributed by atoms with van der Waals surface area (Å²) in [5, 5.41) is 3.46. The first-order valence-electron chi connectivity index (χ1n) is 12.7. The second-order valence-electron chi connectivity index (χ2n) is 9.53. The van der Waals surface area contributed by atoms with Crippen molar-refractivity contribution in [2.24, 2.45) is 0 Å². The molecule has 200 valence electrons. The molecular formula is C29H32ClN3O4S. The number of sulfonamides is 1. The van der Waals surface area contributed by atoms with E-state index in [1.165, 1.54) is 0 Å². The molecule has 0 aromatic heterocycles. The van der Waals surface area contributed by atoms with Gasteiger partial charge in [-0.05, 0) is 61.1 Å². The maximum absolute atomic E-state index is 13.4. The van der Waals surface area contributed by atoms with Crippen molar-refractivity contribution in [2.75, 3.05) is 0 Å². The Labute approximate surface area is 229 Å². The first kappa shape index (κ1) is 27.8. The lowest BCUT2D eigenvalue weighted by Crippen LogP contribution is -2.47. The van der Waals surface area contributed by atoms with E-state index in [0.29, 0.717) is 18.0 Å². The molecular weight excluding hydrogens is 522 g/mol. The number of nitrogens with zero attached hydrogens (tertiary/aromatic N) is 1. The van der Waals surface area contributed by atoms with E-state index in [4.69, 9.17) is 11.6 Å². The number of carbonyl (C=O) groups excluding carboxylic acids is 2. The van der Waals surface area contributed by atoms with Gasteiger partial charge in [0.1, 0.15) is 6.04 Å². The molecule has 2 amide bonds. The van der Waals surface area contributed by atoms with Crippen LogP contribution < -0.4 is 10.0 Å². The number of hydrogen-bond acceptors (Lipinski definition) is 4. The summed E-state index contributed by atoms with van der Waals surface area (Å²) in [5.41, 5.74) is 2.57. The zero-order valence-electron chi connectivity index (χ0n) is 21.3. The Bertz CT molecular complexity index is 1360. The van der Waals surface area contributed by atoms with Crippen molar-refractivity contribution in [1.82, 2.24) is 14.9 Å². The van der Waals surface area contributed by atoms with Gasteiger partial charge in [-0.3, -0.25) is 9.59 Å². The van der Waals surface area contributed by atoms with Crippen molar-refractivity contribution in [3.05, 3.63) is 101 Å².